The molecule has 1 saturated heterocycles. The number of aromatic nitrogens is 2. The van der Waals surface area contributed by atoms with Gasteiger partial charge < -0.3 is 4.90 Å². The highest BCUT2D eigenvalue weighted by molar-refractivity contribution is 7.85. The maximum absolute atomic E-state index is 11.3. The van der Waals surface area contributed by atoms with E-state index in [4.69, 9.17) is 11.6 Å². The van der Waals surface area contributed by atoms with Crippen LogP contribution in [0.2, 0.25) is 5.15 Å². The van der Waals surface area contributed by atoms with Crippen molar-refractivity contribution in [2.75, 3.05) is 29.5 Å². The Hall–Kier alpha value is -0.680. The SMILES string of the molecule is Cc1nc(Cl)c(C)c(N2CCS(=O)CC2)n1. The van der Waals surface area contributed by atoms with Crippen molar-refractivity contribution in [1.29, 1.82) is 0 Å². The normalized spacial score (nSPS) is 17.8. The zero-order valence-corrected chi connectivity index (χ0v) is 10.9. The molecule has 0 spiro atoms. The quantitative estimate of drug-likeness (QED) is 0.714. The molecule has 1 aliphatic rings. The Morgan fingerprint density at radius 2 is 1.88 bits per heavy atom. The summed E-state index contributed by atoms with van der Waals surface area (Å²) in [5.41, 5.74) is 0.903. The third kappa shape index (κ3) is 2.35. The lowest BCUT2D eigenvalue weighted by molar-refractivity contribution is 0.672. The standard InChI is InChI=1S/C10H14ClN3OS/c1-7-9(11)12-8(2)13-10(7)14-3-5-16(15)6-4-14/h3-6H2,1-2H3. The Morgan fingerprint density at radius 3 is 2.50 bits per heavy atom. The van der Waals surface area contributed by atoms with Gasteiger partial charge in [-0.3, -0.25) is 4.21 Å². The van der Waals surface area contributed by atoms with Crippen LogP contribution in [0.4, 0.5) is 5.82 Å². The molecule has 1 aromatic rings. The van der Waals surface area contributed by atoms with Crippen LogP contribution in [0.5, 0.6) is 0 Å². The van der Waals surface area contributed by atoms with Gasteiger partial charge in [-0.15, -0.1) is 0 Å². The Morgan fingerprint density at radius 1 is 1.25 bits per heavy atom. The molecule has 1 aromatic heterocycles. The second-order valence-electron chi connectivity index (χ2n) is 3.85. The highest BCUT2D eigenvalue weighted by atomic mass is 35.5. The average Bonchev–Trinajstić information content (AvgIpc) is 2.25. The summed E-state index contributed by atoms with van der Waals surface area (Å²) in [5.74, 6) is 2.98. The predicted octanol–water partition coefficient (Wildman–Crippen LogP) is 1.32. The van der Waals surface area contributed by atoms with E-state index >= 15 is 0 Å². The fourth-order valence-electron chi connectivity index (χ4n) is 1.74. The number of rotatable bonds is 1. The molecule has 0 amide bonds. The first kappa shape index (κ1) is 11.8. The van der Waals surface area contributed by atoms with E-state index in [0.29, 0.717) is 22.5 Å². The zero-order valence-electron chi connectivity index (χ0n) is 9.36. The Bertz CT molecular complexity index is 428. The molecule has 2 heterocycles. The summed E-state index contributed by atoms with van der Waals surface area (Å²) in [6.45, 7) is 5.31. The lowest BCUT2D eigenvalue weighted by atomic mass is 10.3. The number of anilines is 1. The first-order valence-electron chi connectivity index (χ1n) is 5.18. The Labute approximate surface area is 102 Å². The largest absolute Gasteiger partial charge is 0.354 e. The van der Waals surface area contributed by atoms with Gasteiger partial charge in [0, 0.05) is 41.0 Å². The summed E-state index contributed by atoms with van der Waals surface area (Å²) in [7, 11) is -0.670. The summed E-state index contributed by atoms with van der Waals surface area (Å²) in [6, 6.07) is 0. The van der Waals surface area contributed by atoms with Crippen LogP contribution >= 0.6 is 11.6 Å². The summed E-state index contributed by atoms with van der Waals surface area (Å²) < 4.78 is 11.3. The van der Waals surface area contributed by atoms with Crippen LogP contribution in [0.25, 0.3) is 0 Å². The first-order chi connectivity index (χ1) is 7.58. The number of aryl methyl sites for hydroxylation is 1. The molecule has 0 unspecified atom stereocenters. The van der Waals surface area contributed by atoms with Crippen molar-refractivity contribution in [3.05, 3.63) is 16.5 Å². The van der Waals surface area contributed by atoms with Crippen LogP contribution in [0.15, 0.2) is 0 Å². The van der Waals surface area contributed by atoms with Gasteiger partial charge in [-0.05, 0) is 13.8 Å². The van der Waals surface area contributed by atoms with Crippen LogP contribution in [-0.2, 0) is 10.8 Å². The summed E-state index contributed by atoms with van der Waals surface area (Å²) in [4.78, 5) is 10.7. The fraction of sp³-hybridized carbons (Fsp3) is 0.600. The van der Waals surface area contributed by atoms with Crippen LogP contribution in [0.3, 0.4) is 0 Å². The number of hydrogen-bond donors (Lipinski definition) is 0. The second-order valence-corrected chi connectivity index (χ2v) is 5.90. The molecule has 88 valence electrons. The first-order valence-corrected chi connectivity index (χ1v) is 7.05. The van der Waals surface area contributed by atoms with E-state index in [1.165, 1.54) is 0 Å². The van der Waals surface area contributed by atoms with E-state index in [0.717, 1.165) is 24.5 Å². The molecular weight excluding hydrogens is 246 g/mol. The molecule has 0 aromatic carbocycles. The van der Waals surface area contributed by atoms with Crippen LogP contribution < -0.4 is 4.90 Å². The Kier molecular flexibility index (Phi) is 3.44. The zero-order chi connectivity index (χ0) is 11.7. The minimum Gasteiger partial charge on any atom is -0.354 e. The smallest absolute Gasteiger partial charge is 0.137 e. The molecule has 0 aliphatic carbocycles. The van der Waals surface area contributed by atoms with Gasteiger partial charge >= 0.3 is 0 Å². The van der Waals surface area contributed by atoms with E-state index in [9.17, 15) is 4.21 Å². The number of halogens is 1. The number of nitrogens with zero attached hydrogens (tertiary/aromatic N) is 3. The molecule has 6 heteroatoms. The third-order valence-electron chi connectivity index (χ3n) is 2.65. The summed E-state index contributed by atoms with van der Waals surface area (Å²) >= 11 is 6.03. The molecule has 0 radical (unpaired) electrons. The van der Waals surface area contributed by atoms with Crippen molar-refractivity contribution in [3.63, 3.8) is 0 Å². The lowest BCUT2D eigenvalue weighted by Crippen LogP contribution is -2.38. The van der Waals surface area contributed by atoms with Gasteiger partial charge in [-0.1, -0.05) is 11.6 Å². The predicted molar refractivity (Wildman–Crippen MR) is 66.6 cm³/mol. The molecule has 1 fully saturated rings. The van der Waals surface area contributed by atoms with E-state index in [-0.39, 0.29) is 0 Å². The highest BCUT2D eigenvalue weighted by Gasteiger charge is 2.19. The molecule has 1 aliphatic heterocycles. The van der Waals surface area contributed by atoms with Crippen molar-refractivity contribution < 1.29 is 4.21 Å². The van der Waals surface area contributed by atoms with Crippen molar-refractivity contribution in [1.82, 2.24) is 9.97 Å². The summed E-state index contributed by atoms with van der Waals surface area (Å²) in [5, 5.41) is 0.509. The monoisotopic (exact) mass is 259 g/mol. The molecule has 0 bridgehead atoms. The van der Waals surface area contributed by atoms with Crippen LogP contribution in [0, 0.1) is 13.8 Å². The van der Waals surface area contributed by atoms with Gasteiger partial charge in [0.05, 0.1) is 0 Å². The van der Waals surface area contributed by atoms with E-state index in [1.807, 2.05) is 13.8 Å². The van der Waals surface area contributed by atoms with Crippen molar-refractivity contribution in [2.24, 2.45) is 0 Å². The minimum absolute atomic E-state index is 0.509. The van der Waals surface area contributed by atoms with Crippen molar-refractivity contribution in [2.45, 2.75) is 13.8 Å². The van der Waals surface area contributed by atoms with Gasteiger partial charge in [-0.2, -0.15) is 0 Å². The average molecular weight is 260 g/mol. The second kappa shape index (κ2) is 4.67. The van der Waals surface area contributed by atoms with E-state index in [2.05, 4.69) is 14.9 Å². The maximum atomic E-state index is 11.3. The molecule has 4 nitrogen and oxygen atoms in total. The fourth-order valence-corrected chi connectivity index (χ4v) is 3.00. The van der Waals surface area contributed by atoms with Gasteiger partial charge in [0.2, 0.25) is 0 Å². The number of hydrogen-bond acceptors (Lipinski definition) is 4. The third-order valence-corrected chi connectivity index (χ3v) is 4.29. The van der Waals surface area contributed by atoms with Crippen molar-refractivity contribution >= 4 is 28.2 Å². The highest BCUT2D eigenvalue weighted by Crippen LogP contribution is 2.24. The van der Waals surface area contributed by atoms with Crippen LogP contribution in [-0.4, -0.2) is 38.8 Å². The molecule has 2 rings (SSSR count). The van der Waals surface area contributed by atoms with Gasteiger partial charge in [0.1, 0.15) is 16.8 Å². The van der Waals surface area contributed by atoms with Crippen LogP contribution in [0.1, 0.15) is 11.4 Å². The summed E-state index contributed by atoms with van der Waals surface area (Å²) in [6.07, 6.45) is 0. The molecule has 0 N–H and O–H groups in total. The molecule has 0 saturated carbocycles. The topological polar surface area (TPSA) is 46.1 Å². The lowest BCUT2D eigenvalue weighted by Gasteiger charge is -2.28. The molecular formula is C10H14ClN3OS. The van der Waals surface area contributed by atoms with Gasteiger partial charge in [0.15, 0.2) is 0 Å². The molecule has 16 heavy (non-hydrogen) atoms. The van der Waals surface area contributed by atoms with E-state index < -0.39 is 10.8 Å². The Balaban J connectivity index is 2.29. The van der Waals surface area contributed by atoms with Gasteiger partial charge in [0.25, 0.3) is 0 Å². The van der Waals surface area contributed by atoms with Gasteiger partial charge in [-0.25, -0.2) is 9.97 Å². The maximum Gasteiger partial charge on any atom is 0.137 e. The van der Waals surface area contributed by atoms with Crippen molar-refractivity contribution in [3.8, 4) is 0 Å². The van der Waals surface area contributed by atoms with E-state index in [1.54, 1.807) is 0 Å². The minimum atomic E-state index is -0.670. The molecule has 0 atom stereocenters.